The number of rotatable bonds is 4. The smallest absolute Gasteiger partial charge is 0.162 e. The average molecular weight is 168 g/mol. The zero-order chi connectivity index (χ0) is 6.41. The van der Waals surface area contributed by atoms with Gasteiger partial charge < -0.3 is 0 Å². The fourth-order valence-corrected chi connectivity index (χ4v) is 0.589. The summed E-state index contributed by atoms with van der Waals surface area (Å²) in [6.45, 7) is 2.33. The highest BCUT2D eigenvalue weighted by atomic mass is 31.1. The topological polar surface area (TPSA) is 61.5 Å². The second-order valence-corrected chi connectivity index (χ2v) is 2.08. The van der Waals surface area contributed by atoms with E-state index in [0.29, 0.717) is 6.61 Å². The van der Waals surface area contributed by atoms with E-state index in [1.165, 1.54) is 0 Å². The van der Waals surface area contributed by atoms with Crippen LogP contribution in [0, 0.1) is 0 Å². The van der Waals surface area contributed by atoms with Crippen molar-refractivity contribution in [3.8, 4) is 0 Å². The number of nitrogens with two attached hydrogens (primary N) is 1. The third-order valence-electron chi connectivity index (χ3n) is 0.487. The Bertz CT molecular complexity index is 81.5. The molecular formula is C3H12AlNO3P+. The zero-order valence-corrected chi connectivity index (χ0v) is 5.56. The molecule has 0 aliphatic heterocycles. The van der Waals surface area contributed by atoms with Gasteiger partial charge in [-0.15, -0.1) is 4.52 Å². The Balaban J connectivity index is 0. The molecule has 0 aromatic heterocycles. The molecular weight excluding hydrogens is 156 g/mol. The van der Waals surface area contributed by atoms with Crippen molar-refractivity contribution in [3.63, 3.8) is 0 Å². The van der Waals surface area contributed by atoms with Gasteiger partial charge in [-0.3, -0.25) is 0 Å². The summed E-state index contributed by atoms with van der Waals surface area (Å²) >= 11 is 0. The maximum Gasteiger partial charge on any atom is 0.716 e. The molecule has 6 heteroatoms. The summed E-state index contributed by atoms with van der Waals surface area (Å²) in [7, 11) is -2.06. The van der Waals surface area contributed by atoms with E-state index in [9.17, 15) is 4.57 Å². The van der Waals surface area contributed by atoms with E-state index < -0.39 is 8.25 Å². The Morgan fingerprint density at radius 2 is 2.22 bits per heavy atom. The van der Waals surface area contributed by atoms with Crippen LogP contribution in [-0.4, -0.2) is 24.0 Å². The molecule has 0 radical (unpaired) electrons. The van der Waals surface area contributed by atoms with Gasteiger partial charge in [0.25, 0.3) is 0 Å². The van der Waals surface area contributed by atoms with E-state index >= 15 is 0 Å². The first-order chi connectivity index (χ1) is 3.81. The molecule has 54 valence electrons. The van der Waals surface area contributed by atoms with Crippen LogP contribution in [0.1, 0.15) is 13.3 Å². The van der Waals surface area contributed by atoms with Crippen molar-refractivity contribution in [2.45, 2.75) is 13.3 Å². The molecule has 0 saturated heterocycles. The Labute approximate surface area is 65.7 Å². The van der Waals surface area contributed by atoms with Crippen LogP contribution in [0.4, 0.5) is 0 Å². The molecule has 2 N–H and O–H groups in total. The first kappa shape index (κ1) is 12.2. The Hall–Kier alpha value is 0.512. The van der Waals surface area contributed by atoms with Crippen molar-refractivity contribution >= 4 is 25.6 Å². The van der Waals surface area contributed by atoms with Crippen LogP contribution in [0.15, 0.2) is 0 Å². The highest BCUT2D eigenvalue weighted by molar-refractivity contribution is 7.33. The summed E-state index contributed by atoms with van der Waals surface area (Å²) in [5.41, 5.74) is 0. The molecule has 0 bridgehead atoms. The minimum atomic E-state index is -2.06. The second-order valence-electron chi connectivity index (χ2n) is 1.16. The molecule has 0 amide bonds. The van der Waals surface area contributed by atoms with Crippen molar-refractivity contribution < 1.29 is 13.7 Å². The standard InChI is InChI=1S/C3H9NO3P.Al.3H/c1-2-3-6-8(5)7-4;;;;/h2-4H2,1H3;;;;/q+1;;;;. The van der Waals surface area contributed by atoms with Gasteiger partial charge in [-0.2, -0.15) is 5.90 Å². The molecule has 1 atom stereocenters. The fraction of sp³-hybridized carbons (Fsp3) is 1.00. The number of hydrogen-bond acceptors (Lipinski definition) is 4. The quantitative estimate of drug-likeness (QED) is 0.358. The van der Waals surface area contributed by atoms with E-state index in [2.05, 4.69) is 15.0 Å². The van der Waals surface area contributed by atoms with Gasteiger partial charge in [0.1, 0.15) is 6.61 Å². The molecule has 1 unspecified atom stereocenters. The van der Waals surface area contributed by atoms with Gasteiger partial charge in [-0.1, -0.05) is 6.92 Å². The lowest BCUT2D eigenvalue weighted by Crippen LogP contribution is -1.91. The van der Waals surface area contributed by atoms with E-state index in [0.717, 1.165) is 6.42 Å². The maximum absolute atomic E-state index is 10.1. The lowest BCUT2D eigenvalue weighted by molar-refractivity contribution is 0.230. The molecule has 0 heterocycles. The van der Waals surface area contributed by atoms with E-state index in [-0.39, 0.29) is 17.4 Å². The normalized spacial score (nSPS) is 10.2. The maximum atomic E-state index is 10.1. The predicted octanol–water partition coefficient (Wildman–Crippen LogP) is -0.223. The Kier molecular flexibility index (Phi) is 11.6. The van der Waals surface area contributed by atoms with Crippen molar-refractivity contribution in [1.29, 1.82) is 0 Å². The predicted molar refractivity (Wildman–Crippen MR) is 39.1 cm³/mol. The summed E-state index contributed by atoms with van der Waals surface area (Å²) in [6, 6.07) is 0. The van der Waals surface area contributed by atoms with Crippen LogP contribution in [0.2, 0.25) is 0 Å². The van der Waals surface area contributed by atoms with Gasteiger partial charge in [-0.05, 0) is 11.0 Å². The van der Waals surface area contributed by atoms with Gasteiger partial charge >= 0.3 is 8.25 Å². The largest absolute Gasteiger partial charge is 0.716 e. The molecule has 0 fully saturated rings. The van der Waals surface area contributed by atoms with Crippen molar-refractivity contribution in [2.24, 2.45) is 5.90 Å². The van der Waals surface area contributed by atoms with Crippen LogP contribution < -0.4 is 5.90 Å². The molecule has 0 aromatic rings. The Morgan fingerprint density at radius 1 is 1.67 bits per heavy atom. The summed E-state index contributed by atoms with van der Waals surface area (Å²) in [5, 5.41) is 0. The van der Waals surface area contributed by atoms with Crippen molar-refractivity contribution in [1.82, 2.24) is 0 Å². The van der Waals surface area contributed by atoms with Crippen molar-refractivity contribution in [3.05, 3.63) is 0 Å². The van der Waals surface area contributed by atoms with Crippen molar-refractivity contribution in [2.75, 3.05) is 6.61 Å². The van der Waals surface area contributed by atoms with Crippen LogP contribution in [0.25, 0.3) is 0 Å². The van der Waals surface area contributed by atoms with Gasteiger partial charge in [0.05, 0.1) is 0 Å². The summed E-state index contributed by atoms with van der Waals surface area (Å²) in [4.78, 5) is 0. The second kappa shape index (κ2) is 8.51. The molecule has 0 rings (SSSR count). The molecule has 0 saturated carbocycles. The highest BCUT2D eigenvalue weighted by Crippen LogP contribution is 2.19. The minimum Gasteiger partial charge on any atom is -0.162 e. The minimum absolute atomic E-state index is 0. The lowest BCUT2D eigenvalue weighted by atomic mass is 10.5. The van der Waals surface area contributed by atoms with Crippen LogP contribution >= 0.6 is 8.25 Å². The van der Waals surface area contributed by atoms with Gasteiger partial charge in [0, 0.05) is 4.57 Å². The van der Waals surface area contributed by atoms with Gasteiger partial charge in [-0.25, -0.2) is 0 Å². The summed E-state index contributed by atoms with van der Waals surface area (Å²) in [6.07, 6.45) is 0.810. The van der Waals surface area contributed by atoms with E-state index in [4.69, 9.17) is 0 Å². The molecule has 0 spiro atoms. The fourth-order valence-electron chi connectivity index (χ4n) is 0.196. The van der Waals surface area contributed by atoms with E-state index in [1.807, 2.05) is 6.92 Å². The first-order valence-corrected chi connectivity index (χ1v) is 3.37. The summed E-state index contributed by atoms with van der Waals surface area (Å²) in [5.74, 6) is 4.50. The summed E-state index contributed by atoms with van der Waals surface area (Å²) < 4.78 is 18.5. The monoisotopic (exact) mass is 168 g/mol. The average Bonchev–Trinajstić information content (AvgIpc) is 1.83. The molecule has 0 aliphatic rings. The molecule has 0 aromatic carbocycles. The third-order valence-corrected chi connectivity index (χ3v) is 1.05. The third kappa shape index (κ3) is 8.51. The molecule has 0 aliphatic carbocycles. The SMILES string of the molecule is CCCO[P+](=O)ON.[AlH3]. The van der Waals surface area contributed by atoms with Crippen LogP contribution in [-0.2, 0) is 13.7 Å². The zero-order valence-electron chi connectivity index (χ0n) is 4.66. The first-order valence-electron chi connectivity index (χ1n) is 2.28. The molecule has 9 heavy (non-hydrogen) atoms. The number of hydrogen-bond donors (Lipinski definition) is 1. The lowest BCUT2D eigenvalue weighted by Gasteiger charge is -1.79. The highest BCUT2D eigenvalue weighted by Gasteiger charge is 2.15. The van der Waals surface area contributed by atoms with Crippen LogP contribution in [0.5, 0.6) is 0 Å². The van der Waals surface area contributed by atoms with E-state index in [1.54, 1.807) is 0 Å². The molecule has 4 nitrogen and oxygen atoms in total. The van der Waals surface area contributed by atoms with Crippen LogP contribution in [0.3, 0.4) is 0 Å². The Morgan fingerprint density at radius 3 is 2.56 bits per heavy atom. The van der Waals surface area contributed by atoms with Gasteiger partial charge in [0.15, 0.2) is 17.4 Å². The van der Waals surface area contributed by atoms with Gasteiger partial charge in [0.2, 0.25) is 0 Å².